The number of amides is 1. The van der Waals surface area contributed by atoms with E-state index in [-0.39, 0.29) is 18.9 Å². The van der Waals surface area contributed by atoms with Gasteiger partial charge in [-0.1, -0.05) is 171 Å². The van der Waals surface area contributed by atoms with Gasteiger partial charge in [0.15, 0.2) is 6.29 Å². The Labute approximate surface area is 347 Å². The van der Waals surface area contributed by atoms with Crippen LogP contribution in [0, 0.1) is 0 Å². The minimum atomic E-state index is -1.58. The van der Waals surface area contributed by atoms with Crippen molar-refractivity contribution in [2.75, 3.05) is 13.2 Å². The summed E-state index contributed by atoms with van der Waals surface area (Å²) in [4.78, 5) is 12.9. The van der Waals surface area contributed by atoms with Crippen LogP contribution in [0.25, 0.3) is 0 Å². The number of hydrogen-bond acceptors (Lipinski definition) is 8. The molecule has 1 heterocycles. The Morgan fingerprint density at radius 1 is 0.596 bits per heavy atom. The summed E-state index contributed by atoms with van der Waals surface area (Å²) in [6.45, 7) is 3.69. The van der Waals surface area contributed by atoms with Crippen molar-refractivity contribution in [3.8, 4) is 0 Å². The molecule has 1 aliphatic heterocycles. The summed E-state index contributed by atoms with van der Waals surface area (Å²) in [5.74, 6) is -0.260. The molecule has 330 valence electrons. The van der Waals surface area contributed by atoms with Gasteiger partial charge in [0.2, 0.25) is 5.91 Å². The molecular formula is C48H85NO8. The Kier molecular flexibility index (Phi) is 35.4. The zero-order valence-electron chi connectivity index (χ0n) is 36.1. The second kappa shape index (κ2) is 38.1. The van der Waals surface area contributed by atoms with Gasteiger partial charge >= 0.3 is 0 Å². The molecule has 57 heavy (non-hydrogen) atoms. The van der Waals surface area contributed by atoms with Crippen LogP contribution >= 0.6 is 0 Å². The molecule has 9 heteroatoms. The lowest BCUT2D eigenvalue weighted by molar-refractivity contribution is -0.302. The highest BCUT2D eigenvalue weighted by molar-refractivity contribution is 5.76. The third-order valence-corrected chi connectivity index (χ3v) is 10.6. The fraction of sp³-hybridized carbons (Fsp3) is 0.771. The molecule has 1 aliphatic rings. The number of nitrogens with one attached hydrogen (secondary N) is 1. The number of allylic oxidation sites excluding steroid dienone is 9. The molecule has 1 rings (SSSR count). The molecule has 0 saturated carbocycles. The predicted molar refractivity (Wildman–Crippen MR) is 235 cm³/mol. The largest absolute Gasteiger partial charge is 0.394 e. The van der Waals surface area contributed by atoms with Crippen LogP contribution in [-0.2, 0) is 14.3 Å². The van der Waals surface area contributed by atoms with Gasteiger partial charge in [-0.15, -0.1) is 0 Å². The maximum Gasteiger partial charge on any atom is 0.220 e. The summed E-state index contributed by atoms with van der Waals surface area (Å²) < 4.78 is 11.2. The number of carbonyl (C=O) groups excluding carboxylic acids is 1. The quantitative estimate of drug-likeness (QED) is 0.0269. The van der Waals surface area contributed by atoms with E-state index in [2.05, 4.69) is 55.6 Å². The number of hydrogen-bond donors (Lipinski definition) is 6. The first kappa shape index (κ1) is 52.9. The molecular weight excluding hydrogens is 719 g/mol. The van der Waals surface area contributed by atoms with Gasteiger partial charge in [-0.3, -0.25) is 4.79 Å². The lowest BCUT2D eigenvalue weighted by Gasteiger charge is -2.40. The van der Waals surface area contributed by atoms with Gasteiger partial charge in [-0.05, 0) is 64.2 Å². The maximum atomic E-state index is 12.9. The zero-order valence-corrected chi connectivity index (χ0v) is 36.1. The van der Waals surface area contributed by atoms with Crippen molar-refractivity contribution in [2.45, 2.75) is 224 Å². The minimum absolute atomic E-state index is 0.226. The van der Waals surface area contributed by atoms with E-state index in [0.29, 0.717) is 12.8 Å². The first-order chi connectivity index (χ1) is 27.8. The second-order valence-corrected chi connectivity index (χ2v) is 15.8. The first-order valence-corrected chi connectivity index (χ1v) is 23.0. The highest BCUT2D eigenvalue weighted by atomic mass is 16.7. The van der Waals surface area contributed by atoms with Crippen LogP contribution in [0.2, 0.25) is 0 Å². The normalized spacial score (nSPS) is 21.6. The average Bonchev–Trinajstić information content (AvgIpc) is 3.21. The van der Waals surface area contributed by atoms with Crippen molar-refractivity contribution < 1.29 is 39.8 Å². The van der Waals surface area contributed by atoms with Crippen LogP contribution in [0.3, 0.4) is 0 Å². The average molecular weight is 804 g/mol. The van der Waals surface area contributed by atoms with Gasteiger partial charge in [-0.2, -0.15) is 0 Å². The van der Waals surface area contributed by atoms with Crippen molar-refractivity contribution in [1.29, 1.82) is 0 Å². The number of aliphatic hydroxyl groups excluding tert-OH is 5. The summed E-state index contributed by atoms with van der Waals surface area (Å²) in [6.07, 6.45) is 42.8. The van der Waals surface area contributed by atoms with Crippen molar-refractivity contribution in [2.24, 2.45) is 0 Å². The first-order valence-electron chi connectivity index (χ1n) is 23.0. The summed E-state index contributed by atoms with van der Waals surface area (Å²) in [6, 6.07) is -0.859. The molecule has 0 bridgehead atoms. The molecule has 1 amide bonds. The predicted octanol–water partition coefficient (Wildman–Crippen LogP) is 9.61. The monoisotopic (exact) mass is 804 g/mol. The molecule has 1 fully saturated rings. The number of aliphatic hydroxyl groups is 5. The fourth-order valence-corrected chi connectivity index (χ4v) is 6.82. The Morgan fingerprint density at radius 3 is 1.58 bits per heavy atom. The lowest BCUT2D eigenvalue weighted by atomic mass is 9.99. The Balaban J connectivity index is 2.42. The lowest BCUT2D eigenvalue weighted by Crippen LogP contribution is -2.60. The smallest absolute Gasteiger partial charge is 0.220 e. The molecule has 7 atom stereocenters. The van der Waals surface area contributed by atoms with E-state index < -0.39 is 49.5 Å². The van der Waals surface area contributed by atoms with Crippen LogP contribution in [-0.4, -0.2) is 87.5 Å². The van der Waals surface area contributed by atoms with E-state index in [1.807, 2.05) is 18.2 Å². The number of carbonyl (C=O) groups is 1. The van der Waals surface area contributed by atoms with E-state index >= 15 is 0 Å². The molecule has 0 radical (unpaired) electrons. The van der Waals surface area contributed by atoms with Gasteiger partial charge in [0.05, 0.1) is 25.4 Å². The van der Waals surface area contributed by atoms with E-state index in [1.165, 1.54) is 109 Å². The van der Waals surface area contributed by atoms with Crippen molar-refractivity contribution in [1.82, 2.24) is 5.32 Å². The standard InChI is InChI=1S/C48H85NO8/c1-3-5-7-9-11-13-15-17-18-19-20-21-22-23-24-26-27-29-31-33-35-37-42(51)41(40-56-48-47(55)46(54)45(53)43(39-50)57-48)49-44(52)38-36-34-32-30-28-25-16-14-12-10-8-6-4-2/h22-23,25,27-29,32,34-35,37,41-43,45-48,50-51,53-55H,3-21,24,26,30-31,33,36,38-40H2,1-2H3,(H,49,52)/b23-22+,28-25-,29-27+,34-32-,37-35+. The minimum Gasteiger partial charge on any atom is -0.394 e. The van der Waals surface area contributed by atoms with Gasteiger partial charge in [-0.25, -0.2) is 0 Å². The van der Waals surface area contributed by atoms with E-state index in [1.54, 1.807) is 6.08 Å². The molecule has 6 N–H and O–H groups in total. The van der Waals surface area contributed by atoms with E-state index in [0.717, 1.165) is 38.5 Å². The van der Waals surface area contributed by atoms with Gasteiger partial charge < -0.3 is 40.3 Å². The number of ether oxygens (including phenoxy) is 2. The third-order valence-electron chi connectivity index (χ3n) is 10.6. The van der Waals surface area contributed by atoms with Crippen molar-refractivity contribution >= 4 is 5.91 Å². The topological polar surface area (TPSA) is 149 Å². The molecule has 0 aromatic carbocycles. The van der Waals surface area contributed by atoms with Gasteiger partial charge in [0, 0.05) is 6.42 Å². The molecule has 1 saturated heterocycles. The van der Waals surface area contributed by atoms with Crippen molar-refractivity contribution in [3.63, 3.8) is 0 Å². The highest BCUT2D eigenvalue weighted by Crippen LogP contribution is 2.22. The van der Waals surface area contributed by atoms with Gasteiger partial charge in [0.1, 0.15) is 24.4 Å². The fourth-order valence-electron chi connectivity index (χ4n) is 6.82. The van der Waals surface area contributed by atoms with E-state index in [9.17, 15) is 30.3 Å². The molecule has 9 nitrogen and oxygen atoms in total. The van der Waals surface area contributed by atoms with Crippen LogP contribution < -0.4 is 5.32 Å². The Bertz CT molecular complexity index is 1070. The summed E-state index contributed by atoms with van der Waals surface area (Å²) >= 11 is 0. The van der Waals surface area contributed by atoms with Crippen molar-refractivity contribution in [3.05, 3.63) is 60.8 Å². The second-order valence-electron chi connectivity index (χ2n) is 15.8. The van der Waals surface area contributed by atoms with Crippen LogP contribution in [0.5, 0.6) is 0 Å². The molecule has 7 unspecified atom stereocenters. The third kappa shape index (κ3) is 28.9. The number of rotatable bonds is 37. The van der Waals surface area contributed by atoms with Gasteiger partial charge in [0.25, 0.3) is 0 Å². The SMILES string of the molecule is CCCCCCCC/C=C\C/C=C\CCC(=O)NC(COC1OC(CO)C(O)C(O)C1O)C(O)/C=C/CC/C=C/CC/C=C/CCCCCCCCCCCCC. The summed E-state index contributed by atoms with van der Waals surface area (Å²) in [5, 5.41) is 54.0. The molecule has 0 spiro atoms. The Hall–Kier alpha value is -2.11. The number of unbranched alkanes of at least 4 members (excludes halogenated alkanes) is 19. The summed E-state index contributed by atoms with van der Waals surface area (Å²) in [5.41, 5.74) is 0. The summed E-state index contributed by atoms with van der Waals surface area (Å²) in [7, 11) is 0. The molecule has 0 aliphatic carbocycles. The Morgan fingerprint density at radius 2 is 1.05 bits per heavy atom. The van der Waals surface area contributed by atoms with E-state index in [4.69, 9.17) is 9.47 Å². The molecule has 0 aromatic heterocycles. The van der Waals surface area contributed by atoms with Crippen LogP contribution in [0.1, 0.15) is 181 Å². The zero-order chi connectivity index (χ0) is 41.6. The van der Waals surface area contributed by atoms with Crippen LogP contribution in [0.15, 0.2) is 60.8 Å². The highest BCUT2D eigenvalue weighted by Gasteiger charge is 2.44. The maximum absolute atomic E-state index is 12.9. The molecule has 0 aromatic rings. The van der Waals surface area contributed by atoms with Crippen LogP contribution in [0.4, 0.5) is 0 Å².